The van der Waals surface area contributed by atoms with Gasteiger partial charge in [0.15, 0.2) is 5.78 Å². The molecule has 1 N–H and O–H groups in total. The number of carbonyl (C=O) groups excluding carboxylic acids is 2. The van der Waals surface area contributed by atoms with E-state index in [9.17, 15) is 9.59 Å². The van der Waals surface area contributed by atoms with E-state index in [-0.39, 0.29) is 29.4 Å². The second-order valence-corrected chi connectivity index (χ2v) is 10.5. The molecule has 5 atom stereocenters. The second kappa shape index (κ2) is 9.40. The van der Waals surface area contributed by atoms with Crippen LogP contribution < -0.4 is 10.1 Å². The van der Waals surface area contributed by atoms with Crippen molar-refractivity contribution >= 4 is 27.6 Å². The molecule has 1 aliphatic heterocycles. The van der Waals surface area contributed by atoms with E-state index in [2.05, 4.69) is 41.2 Å². The zero-order chi connectivity index (χ0) is 24.7. The minimum absolute atomic E-state index is 0.0142. The van der Waals surface area contributed by atoms with Crippen LogP contribution in [0.2, 0.25) is 0 Å². The molecule has 2 aromatic rings. The first-order valence-electron chi connectivity index (χ1n) is 12.3. The molecule has 0 radical (unpaired) electrons. The highest BCUT2D eigenvalue weighted by Gasteiger charge is 2.58. The molecule has 5 nitrogen and oxygen atoms in total. The van der Waals surface area contributed by atoms with Crippen molar-refractivity contribution in [3.05, 3.63) is 87.4 Å². The van der Waals surface area contributed by atoms with Crippen LogP contribution in [0.1, 0.15) is 54.1 Å². The Hall–Kier alpha value is -2.70. The summed E-state index contributed by atoms with van der Waals surface area (Å²) >= 11 is 3.48. The van der Waals surface area contributed by atoms with Crippen molar-refractivity contribution in [1.82, 2.24) is 5.32 Å². The van der Waals surface area contributed by atoms with E-state index in [1.807, 2.05) is 36.4 Å². The highest BCUT2D eigenvalue weighted by molar-refractivity contribution is 9.10. The number of hydrogen-bond donors (Lipinski definition) is 1. The molecule has 1 unspecified atom stereocenters. The number of rotatable bonds is 6. The summed E-state index contributed by atoms with van der Waals surface area (Å²) in [5.74, 6) is -0.0610. The number of amides is 1. The maximum Gasteiger partial charge on any atom is 0.251 e. The van der Waals surface area contributed by atoms with Crippen molar-refractivity contribution in [3.8, 4) is 5.75 Å². The molecule has 182 valence electrons. The molecule has 0 saturated heterocycles. The number of carbonyl (C=O) groups is 2. The van der Waals surface area contributed by atoms with Crippen LogP contribution in [0.4, 0.5) is 0 Å². The molecule has 0 aromatic heterocycles. The standard InChI is InChI=1S/C29H30BrNO4/c1-4-18-14-22-24(32)11-12-29(34-3)27(22)26(21(18)5-2)23-15-19(9-10-25(23)35-29)28(33)31-16-17-7-6-8-20(30)13-17/h6-15,18,21,26-27H,4-5,16H2,1-3H3,(H,31,33)/t18?,21-,26-,27-,29-/m1/s1. The van der Waals surface area contributed by atoms with Gasteiger partial charge in [-0.25, -0.2) is 0 Å². The Morgan fingerprint density at radius 3 is 2.71 bits per heavy atom. The summed E-state index contributed by atoms with van der Waals surface area (Å²) in [5.41, 5.74) is 3.36. The summed E-state index contributed by atoms with van der Waals surface area (Å²) in [6.07, 6.45) is 7.41. The number of benzene rings is 2. The molecule has 2 aliphatic carbocycles. The quantitative estimate of drug-likeness (QED) is 0.496. The van der Waals surface area contributed by atoms with Gasteiger partial charge in [0.2, 0.25) is 5.79 Å². The minimum Gasteiger partial charge on any atom is -0.458 e. The number of hydrogen-bond acceptors (Lipinski definition) is 4. The highest BCUT2D eigenvalue weighted by atomic mass is 79.9. The monoisotopic (exact) mass is 535 g/mol. The fourth-order valence-electron chi connectivity index (χ4n) is 6.13. The third kappa shape index (κ3) is 4.07. The van der Waals surface area contributed by atoms with Gasteiger partial charge in [-0.05, 0) is 71.9 Å². The van der Waals surface area contributed by atoms with Gasteiger partial charge in [0.05, 0.1) is 5.92 Å². The van der Waals surface area contributed by atoms with E-state index in [1.54, 1.807) is 25.3 Å². The average Bonchev–Trinajstić information content (AvgIpc) is 2.88. The molecular weight excluding hydrogens is 506 g/mol. The number of allylic oxidation sites excluding steroid dienone is 2. The molecule has 3 aliphatic rings. The Bertz CT molecular complexity index is 1230. The van der Waals surface area contributed by atoms with E-state index < -0.39 is 5.79 Å². The fourth-order valence-corrected chi connectivity index (χ4v) is 6.57. The Morgan fingerprint density at radius 2 is 2.00 bits per heavy atom. The van der Waals surface area contributed by atoms with E-state index >= 15 is 0 Å². The van der Waals surface area contributed by atoms with Crippen LogP contribution in [0.25, 0.3) is 0 Å². The number of nitrogens with one attached hydrogen (secondary N) is 1. The van der Waals surface area contributed by atoms with Crippen LogP contribution in [-0.4, -0.2) is 24.6 Å². The first kappa shape index (κ1) is 24.0. The first-order chi connectivity index (χ1) is 16.9. The normalized spacial score (nSPS) is 28.5. The van der Waals surface area contributed by atoms with E-state index in [0.29, 0.717) is 23.8 Å². The van der Waals surface area contributed by atoms with E-state index in [4.69, 9.17) is 9.47 Å². The Balaban J connectivity index is 1.54. The van der Waals surface area contributed by atoms with Crippen molar-refractivity contribution in [2.45, 2.75) is 44.9 Å². The minimum atomic E-state index is -1.02. The van der Waals surface area contributed by atoms with Crippen LogP contribution in [0, 0.1) is 17.8 Å². The van der Waals surface area contributed by atoms with Crippen LogP contribution >= 0.6 is 15.9 Å². The fraction of sp³-hybridized carbons (Fsp3) is 0.379. The van der Waals surface area contributed by atoms with Crippen LogP contribution in [0.3, 0.4) is 0 Å². The predicted molar refractivity (Wildman–Crippen MR) is 138 cm³/mol. The van der Waals surface area contributed by atoms with Gasteiger partial charge < -0.3 is 14.8 Å². The maximum atomic E-state index is 13.1. The molecular formula is C29H30BrNO4. The third-order valence-electron chi connectivity index (χ3n) is 7.79. The topological polar surface area (TPSA) is 64.6 Å². The number of fused-ring (bicyclic) bond motifs is 2. The van der Waals surface area contributed by atoms with Gasteiger partial charge in [-0.1, -0.05) is 54.4 Å². The van der Waals surface area contributed by atoms with Gasteiger partial charge in [0.1, 0.15) is 5.75 Å². The molecule has 35 heavy (non-hydrogen) atoms. The molecule has 6 heteroatoms. The molecule has 0 bridgehead atoms. The van der Waals surface area contributed by atoms with Crippen LogP contribution in [0.5, 0.6) is 5.75 Å². The number of ether oxygens (including phenoxy) is 2. The van der Waals surface area contributed by atoms with Gasteiger partial charge in [0.25, 0.3) is 5.91 Å². The smallest absolute Gasteiger partial charge is 0.251 e. The molecule has 0 spiro atoms. The van der Waals surface area contributed by atoms with Gasteiger partial charge in [-0.2, -0.15) is 0 Å². The molecule has 2 aromatic carbocycles. The van der Waals surface area contributed by atoms with Gasteiger partial charge in [-0.15, -0.1) is 0 Å². The lowest BCUT2D eigenvalue weighted by molar-refractivity contribution is -0.180. The van der Waals surface area contributed by atoms with Crippen LogP contribution in [-0.2, 0) is 16.1 Å². The average molecular weight is 536 g/mol. The molecule has 1 amide bonds. The van der Waals surface area contributed by atoms with Crippen molar-refractivity contribution in [2.75, 3.05) is 7.11 Å². The largest absolute Gasteiger partial charge is 0.458 e. The van der Waals surface area contributed by atoms with Gasteiger partial charge in [0, 0.05) is 35.2 Å². The van der Waals surface area contributed by atoms with Crippen LogP contribution in [0.15, 0.2) is 70.7 Å². The lowest BCUT2D eigenvalue weighted by Gasteiger charge is -2.53. The highest BCUT2D eigenvalue weighted by Crippen LogP contribution is 2.58. The van der Waals surface area contributed by atoms with Gasteiger partial charge in [-0.3, -0.25) is 9.59 Å². The lowest BCUT2D eigenvalue weighted by atomic mass is 9.58. The summed E-state index contributed by atoms with van der Waals surface area (Å²) in [6.45, 7) is 4.81. The molecule has 1 heterocycles. The number of halogens is 1. The summed E-state index contributed by atoms with van der Waals surface area (Å²) in [4.78, 5) is 26.1. The summed E-state index contributed by atoms with van der Waals surface area (Å²) in [5, 5.41) is 3.03. The first-order valence-corrected chi connectivity index (χ1v) is 13.1. The zero-order valence-corrected chi connectivity index (χ0v) is 21.8. The number of methoxy groups -OCH3 is 1. The number of ketones is 1. The molecule has 0 fully saturated rings. The molecule has 0 saturated carbocycles. The summed E-state index contributed by atoms with van der Waals surface area (Å²) in [6, 6.07) is 13.5. The van der Waals surface area contributed by atoms with Gasteiger partial charge >= 0.3 is 0 Å². The third-order valence-corrected chi connectivity index (χ3v) is 8.28. The maximum absolute atomic E-state index is 13.1. The van der Waals surface area contributed by atoms with Crippen molar-refractivity contribution < 1.29 is 19.1 Å². The summed E-state index contributed by atoms with van der Waals surface area (Å²) in [7, 11) is 1.64. The van der Waals surface area contributed by atoms with E-state index in [0.717, 1.165) is 34.0 Å². The Kier molecular flexibility index (Phi) is 6.45. The second-order valence-electron chi connectivity index (χ2n) is 9.56. The lowest BCUT2D eigenvalue weighted by Crippen LogP contribution is -2.56. The molecule has 5 rings (SSSR count). The SMILES string of the molecule is CCC1C=C2C(=O)C=C[C@@]3(OC)Oc4ccc(C(=O)NCc5cccc(Br)c5)cc4[C@@H]([C@@H]1CC)[C@@H]23. The Morgan fingerprint density at radius 1 is 1.17 bits per heavy atom. The van der Waals surface area contributed by atoms with Crippen molar-refractivity contribution in [2.24, 2.45) is 17.8 Å². The Labute approximate surface area is 214 Å². The zero-order valence-electron chi connectivity index (χ0n) is 20.2. The van der Waals surface area contributed by atoms with Crippen molar-refractivity contribution in [3.63, 3.8) is 0 Å². The van der Waals surface area contributed by atoms with E-state index in [1.165, 1.54) is 0 Å². The predicted octanol–water partition coefficient (Wildman–Crippen LogP) is 5.95. The summed E-state index contributed by atoms with van der Waals surface area (Å²) < 4.78 is 13.4. The van der Waals surface area contributed by atoms with Crippen molar-refractivity contribution in [1.29, 1.82) is 0 Å².